The zero-order chi connectivity index (χ0) is 14.4. The summed E-state index contributed by atoms with van der Waals surface area (Å²) in [6.07, 6.45) is 0. The third-order valence-corrected chi connectivity index (χ3v) is 4.29. The Balaban J connectivity index is 1.86. The van der Waals surface area contributed by atoms with Crippen LogP contribution in [-0.4, -0.2) is 36.4 Å². The van der Waals surface area contributed by atoms with Gasteiger partial charge in [-0.2, -0.15) is 5.10 Å². The molecule has 2 aliphatic heterocycles. The van der Waals surface area contributed by atoms with Crippen molar-refractivity contribution in [3.63, 3.8) is 0 Å². The largest absolute Gasteiger partial charge is 0.482 e. The third-order valence-electron chi connectivity index (χ3n) is 4.29. The molecule has 2 aromatic rings. The molecule has 0 aliphatic carbocycles. The van der Waals surface area contributed by atoms with Gasteiger partial charge in [0.1, 0.15) is 11.4 Å². The van der Waals surface area contributed by atoms with E-state index in [1.807, 2.05) is 18.2 Å². The Hall–Kier alpha value is -2.01. The second-order valence-electron chi connectivity index (χ2n) is 6.14. The molecule has 2 aliphatic rings. The van der Waals surface area contributed by atoms with E-state index in [0.29, 0.717) is 0 Å². The van der Waals surface area contributed by atoms with E-state index in [2.05, 4.69) is 40.3 Å². The van der Waals surface area contributed by atoms with E-state index in [1.54, 1.807) is 0 Å². The van der Waals surface area contributed by atoms with Gasteiger partial charge in [-0.1, -0.05) is 12.1 Å². The van der Waals surface area contributed by atoms with E-state index in [-0.39, 0.29) is 5.60 Å². The van der Waals surface area contributed by atoms with E-state index in [4.69, 9.17) is 4.74 Å². The van der Waals surface area contributed by atoms with Crippen molar-refractivity contribution in [2.45, 2.75) is 19.4 Å². The topological polar surface area (TPSA) is 53.2 Å². The first-order valence-electron chi connectivity index (χ1n) is 7.50. The fourth-order valence-electron chi connectivity index (χ4n) is 3.29. The highest BCUT2D eigenvalue weighted by molar-refractivity contribution is 5.77. The van der Waals surface area contributed by atoms with Crippen molar-refractivity contribution in [3.05, 3.63) is 29.8 Å². The molecule has 0 spiro atoms. The molecule has 0 unspecified atom stereocenters. The number of ether oxygens (including phenoxy) is 1. The summed E-state index contributed by atoms with van der Waals surface area (Å²) < 4.78 is 6.23. The van der Waals surface area contributed by atoms with Crippen LogP contribution in [0.5, 0.6) is 5.75 Å². The Morgan fingerprint density at radius 2 is 1.95 bits per heavy atom. The van der Waals surface area contributed by atoms with E-state index in [0.717, 1.165) is 49.0 Å². The van der Waals surface area contributed by atoms with E-state index in [9.17, 15) is 0 Å². The van der Waals surface area contributed by atoms with E-state index >= 15 is 0 Å². The van der Waals surface area contributed by atoms with Gasteiger partial charge in [0.25, 0.3) is 0 Å². The van der Waals surface area contributed by atoms with Gasteiger partial charge >= 0.3 is 0 Å². The number of rotatable bonds is 1. The van der Waals surface area contributed by atoms with Crippen LogP contribution in [0.1, 0.15) is 19.4 Å². The minimum atomic E-state index is -0.378. The lowest BCUT2D eigenvalue weighted by atomic mass is 9.90. The molecule has 5 heteroatoms. The molecule has 0 amide bonds. The highest BCUT2D eigenvalue weighted by Gasteiger charge is 2.38. The number of hydrogen-bond acceptors (Lipinski definition) is 4. The number of anilines is 1. The van der Waals surface area contributed by atoms with Crippen LogP contribution in [-0.2, 0) is 5.60 Å². The second-order valence-corrected chi connectivity index (χ2v) is 6.14. The van der Waals surface area contributed by atoms with Crippen molar-refractivity contribution in [1.29, 1.82) is 0 Å². The van der Waals surface area contributed by atoms with Gasteiger partial charge < -0.3 is 15.0 Å². The lowest BCUT2D eigenvalue weighted by molar-refractivity contribution is 0.106. The van der Waals surface area contributed by atoms with Crippen LogP contribution in [0.25, 0.3) is 11.3 Å². The number of aromatic nitrogens is 2. The van der Waals surface area contributed by atoms with Gasteiger partial charge in [-0.15, -0.1) is 0 Å². The summed E-state index contributed by atoms with van der Waals surface area (Å²) in [4.78, 5) is 2.34. The summed E-state index contributed by atoms with van der Waals surface area (Å²) in [5.74, 6) is 1.96. The summed E-state index contributed by atoms with van der Waals surface area (Å²) in [5, 5.41) is 11.2. The highest BCUT2D eigenvalue weighted by atomic mass is 16.5. The molecule has 110 valence electrons. The lowest BCUT2D eigenvalue weighted by Gasteiger charge is -2.36. The Labute approximate surface area is 124 Å². The monoisotopic (exact) mass is 284 g/mol. The molecule has 1 saturated heterocycles. The maximum Gasteiger partial charge on any atom is 0.158 e. The molecule has 0 saturated carbocycles. The molecular weight excluding hydrogens is 264 g/mol. The minimum Gasteiger partial charge on any atom is -0.482 e. The fraction of sp³-hybridized carbons (Fsp3) is 0.438. The maximum absolute atomic E-state index is 6.23. The minimum absolute atomic E-state index is 0.378. The van der Waals surface area contributed by atoms with Gasteiger partial charge in [0.2, 0.25) is 0 Å². The number of nitrogens with zero attached hydrogens (tertiary/aromatic N) is 2. The molecule has 1 fully saturated rings. The van der Waals surface area contributed by atoms with Gasteiger partial charge in [0, 0.05) is 31.7 Å². The molecular formula is C16H20N4O. The van der Waals surface area contributed by atoms with Gasteiger partial charge in [-0.3, -0.25) is 5.10 Å². The number of piperazine rings is 1. The van der Waals surface area contributed by atoms with Gasteiger partial charge in [-0.05, 0) is 26.0 Å². The van der Waals surface area contributed by atoms with Gasteiger partial charge in [0.15, 0.2) is 5.82 Å². The number of fused-ring (bicyclic) bond motifs is 3. The molecule has 0 bridgehead atoms. The smallest absolute Gasteiger partial charge is 0.158 e. The Morgan fingerprint density at radius 1 is 1.19 bits per heavy atom. The van der Waals surface area contributed by atoms with Crippen molar-refractivity contribution in [2.24, 2.45) is 0 Å². The summed E-state index contributed by atoms with van der Waals surface area (Å²) in [7, 11) is 0. The quantitative estimate of drug-likeness (QED) is 0.842. The highest BCUT2D eigenvalue weighted by Crippen LogP contribution is 2.47. The normalized spacial score (nSPS) is 19.6. The third kappa shape index (κ3) is 1.92. The van der Waals surface area contributed by atoms with Crippen LogP contribution in [0, 0.1) is 0 Å². The number of hydrogen-bond donors (Lipinski definition) is 2. The van der Waals surface area contributed by atoms with Crippen molar-refractivity contribution in [1.82, 2.24) is 15.5 Å². The molecule has 0 atom stereocenters. The lowest BCUT2D eigenvalue weighted by Crippen LogP contribution is -2.45. The fourth-order valence-corrected chi connectivity index (χ4v) is 3.29. The van der Waals surface area contributed by atoms with Crippen LogP contribution in [0.3, 0.4) is 0 Å². The molecule has 5 nitrogen and oxygen atoms in total. The van der Waals surface area contributed by atoms with Crippen LogP contribution in [0.2, 0.25) is 0 Å². The number of benzene rings is 1. The Morgan fingerprint density at radius 3 is 2.76 bits per heavy atom. The standard InChI is InChI=1S/C16H20N4O/c1-16(2)13-14(11-5-3-4-6-12(11)21-16)18-19-15(13)20-9-7-17-8-10-20/h3-6,17H,7-10H2,1-2H3,(H,18,19). The number of nitrogens with one attached hydrogen (secondary N) is 2. The molecule has 1 aromatic heterocycles. The zero-order valence-electron chi connectivity index (χ0n) is 12.4. The number of H-pyrrole nitrogens is 1. The van der Waals surface area contributed by atoms with Crippen LogP contribution < -0.4 is 15.0 Å². The predicted molar refractivity (Wildman–Crippen MR) is 82.8 cm³/mol. The summed E-state index contributed by atoms with van der Waals surface area (Å²) in [6.45, 7) is 8.19. The summed E-state index contributed by atoms with van der Waals surface area (Å²) >= 11 is 0. The maximum atomic E-state index is 6.23. The molecule has 4 rings (SSSR count). The van der Waals surface area contributed by atoms with Gasteiger partial charge in [-0.25, -0.2) is 0 Å². The van der Waals surface area contributed by atoms with E-state index < -0.39 is 0 Å². The number of aromatic amines is 1. The first kappa shape index (κ1) is 12.7. The molecule has 2 N–H and O–H groups in total. The van der Waals surface area contributed by atoms with Crippen molar-refractivity contribution >= 4 is 5.82 Å². The first-order chi connectivity index (χ1) is 10.2. The molecule has 0 radical (unpaired) electrons. The molecule has 3 heterocycles. The first-order valence-corrected chi connectivity index (χ1v) is 7.50. The van der Waals surface area contributed by atoms with Crippen molar-refractivity contribution in [3.8, 4) is 17.0 Å². The van der Waals surface area contributed by atoms with E-state index in [1.165, 1.54) is 5.56 Å². The molecule has 1 aromatic carbocycles. The summed E-state index contributed by atoms with van der Waals surface area (Å²) in [6, 6.07) is 8.15. The van der Waals surface area contributed by atoms with Crippen LogP contribution >= 0.6 is 0 Å². The van der Waals surface area contributed by atoms with Crippen LogP contribution in [0.4, 0.5) is 5.82 Å². The second kappa shape index (κ2) is 4.49. The average Bonchev–Trinajstić information content (AvgIpc) is 2.94. The van der Waals surface area contributed by atoms with Crippen molar-refractivity contribution < 1.29 is 4.74 Å². The SMILES string of the molecule is CC1(C)Oc2ccccc2-c2[nH]nc(N3CCNCC3)c21. The number of para-hydroxylation sites is 1. The summed E-state index contributed by atoms with van der Waals surface area (Å²) in [5.41, 5.74) is 2.98. The van der Waals surface area contributed by atoms with Gasteiger partial charge in [0.05, 0.1) is 11.3 Å². The average molecular weight is 284 g/mol. The molecule has 21 heavy (non-hydrogen) atoms. The Bertz CT molecular complexity index is 671. The van der Waals surface area contributed by atoms with Crippen LogP contribution in [0.15, 0.2) is 24.3 Å². The zero-order valence-corrected chi connectivity index (χ0v) is 12.4. The van der Waals surface area contributed by atoms with Crippen molar-refractivity contribution in [2.75, 3.05) is 31.1 Å². The Kier molecular flexibility index (Phi) is 2.72. The predicted octanol–water partition coefficient (Wildman–Crippen LogP) is 2.11.